The number of aryl methyl sites for hydroxylation is 1. The van der Waals surface area contributed by atoms with Crippen LogP contribution in [0.15, 0.2) is 85.2 Å². The fraction of sp³-hybridized carbons (Fsp3) is 0.265. The number of halogens is 2. The summed E-state index contributed by atoms with van der Waals surface area (Å²) in [6.07, 6.45) is 2.89. The number of hydrogen-bond acceptors (Lipinski definition) is 8. The van der Waals surface area contributed by atoms with Crippen molar-refractivity contribution in [2.45, 2.75) is 43.7 Å². The highest BCUT2D eigenvalue weighted by Crippen LogP contribution is 2.38. The maximum absolute atomic E-state index is 13.2. The van der Waals surface area contributed by atoms with E-state index in [1.807, 2.05) is 43.3 Å². The molecule has 0 spiro atoms. The van der Waals surface area contributed by atoms with Gasteiger partial charge in [0.1, 0.15) is 5.75 Å². The Balaban J connectivity index is 1.27. The standard InChI is InChI=1S/C34H33F2N5O3S/c1-22-9-14-27-25(21-45(42,43)20-23-10-12-24(13-11-23)32(35)36)5-2-7-28(27)31(22)44-33-29(8-4-17-38-33)30-15-18-39-34(41-30)40-26-6-3-16-37-19-26/h2,4-5,7-15,17-18,26,32,37H,3,6,16,19-21H2,1H3,(H,39,40,41)/t26-/m0/s1. The molecule has 232 valence electrons. The molecule has 1 atom stereocenters. The van der Waals surface area contributed by atoms with Gasteiger partial charge in [0.05, 0.1) is 22.8 Å². The minimum absolute atomic E-state index is 0.141. The van der Waals surface area contributed by atoms with Gasteiger partial charge in [-0.15, -0.1) is 0 Å². The number of fused-ring (bicyclic) bond motifs is 1. The van der Waals surface area contributed by atoms with Gasteiger partial charge in [-0.1, -0.05) is 54.6 Å². The zero-order chi connectivity index (χ0) is 31.4. The molecule has 11 heteroatoms. The number of pyridine rings is 1. The molecule has 0 saturated carbocycles. The summed E-state index contributed by atoms with van der Waals surface area (Å²) in [5.41, 5.74) is 3.14. The summed E-state index contributed by atoms with van der Waals surface area (Å²) in [5.74, 6) is 0.989. The first-order valence-electron chi connectivity index (χ1n) is 14.8. The Morgan fingerprint density at radius 3 is 2.58 bits per heavy atom. The van der Waals surface area contributed by atoms with Crippen molar-refractivity contribution in [2.75, 3.05) is 18.4 Å². The quantitative estimate of drug-likeness (QED) is 0.170. The Morgan fingerprint density at radius 1 is 0.956 bits per heavy atom. The fourth-order valence-electron chi connectivity index (χ4n) is 5.57. The first-order chi connectivity index (χ1) is 21.8. The molecule has 1 aliphatic rings. The molecule has 1 saturated heterocycles. The number of hydrogen-bond donors (Lipinski definition) is 2. The van der Waals surface area contributed by atoms with Gasteiger partial charge in [0.15, 0.2) is 9.84 Å². The summed E-state index contributed by atoms with van der Waals surface area (Å²) in [5, 5.41) is 8.28. The van der Waals surface area contributed by atoms with Crippen molar-refractivity contribution in [1.82, 2.24) is 20.3 Å². The fourth-order valence-corrected chi connectivity index (χ4v) is 7.09. The lowest BCUT2D eigenvalue weighted by Crippen LogP contribution is -2.38. The molecule has 0 bridgehead atoms. The SMILES string of the molecule is Cc1ccc2c(CS(=O)(=O)Cc3ccc(C(F)F)cc3)cccc2c1Oc1ncccc1-c1ccnc(N[C@H]2CCCNC2)n1. The van der Waals surface area contributed by atoms with Crippen LogP contribution in [0.4, 0.5) is 14.7 Å². The van der Waals surface area contributed by atoms with Crippen LogP contribution in [0.2, 0.25) is 0 Å². The lowest BCUT2D eigenvalue weighted by Gasteiger charge is -2.23. The average molecular weight is 630 g/mol. The molecule has 3 heterocycles. The molecule has 8 nitrogen and oxygen atoms in total. The number of aromatic nitrogens is 3. The first kappa shape index (κ1) is 30.5. The summed E-state index contributed by atoms with van der Waals surface area (Å²) in [6, 6.07) is 20.4. The Kier molecular flexibility index (Phi) is 8.99. The zero-order valence-corrected chi connectivity index (χ0v) is 25.5. The van der Waals surface area contributed by atoms with Gasteiger partial charge in [0.2, 0.25) is 11.8 Å². The molecule has 45 heavy (non-hydrogen) atoms. The molecule has 0 aliphatic carbocycles. The van der Waals surface area contributed by atoms with E-state index in [1.54, 1.807) is 24.5 Å². The summed E-state index contributed by atoms with van der Waals surface area (Å²) in [7, 11) is -3.62. The third-order valence-corrected chi connectivity index (χ3v) is 9.35. The molecule has 2 N–H and O–H groups in total. The second-order valence-corrected chi connectivity index (χ2v) is 13.3. The van der Waals surface area contributed by atoms with Crippen molar-refractivity contribution in [2.24, 2.45) is 0 Å². The van der Waals surface area contributed by atoms with E-state index in [2.05, 4.69) is 20.6 Å². The maximum atomic E-state index is 13.2. The molecule has 3 aromatic carbocycles. The number of piperidine rings is 1. The Morgan fingerprint density at radius 2 is 1.80 bits per heavy atom. The Bertz CT molecular complexity index is 1910. The van der Waals surface area contributed by atoms with Gasteiger partial charge < -0.3 is 15.4 Å². The van der Waals surface area contributed by atoms with Crippen LogP contribution in [-0.4, -0.2) is 42.5 Å². The highest BCUT2D eigenvalue weighted by molar-refractivity contribution is 7.89. The minimum Gasteiger partial charge on any atom is -0.437 e. The molecular formula is C34H33F2N5O3S. The van der Waals surface area contributed by atoms with Crippen LogP contribution in [0.1, 0.15) is 41.5 Å². The molecule has 0 radical (unpaired) electrons. The van der Waals surface area contributed by atoms with Gasteiger partial charge in [-0.3, -0.25) is 0 Å². The van der Waals surface area contributed by atoms with Crippen molar-refractivity contribution >= 4 is 26.6 Å². The lowest BCUT2D eigenvalue weighted by atomic mass is 10.0. The van der Waals surface area contributed by atoms with Gasteiger partial charge >= 0.3 is 0 Å². The van der Waals surface area contributed by atoms with Crippen molar-refractivity contribution in [3.63, 3.8) is 0 Å². The van der Waals surface area contributed by atoms with E-state index in [9.17, 15) is 17.2 Å². The number of alkyl halides is 2. The van der Waals surface area contributed by atoms with E-state index in [4.69, 9.17) is 9.72 Å². The number of sulfone groups is 1. The molecule has 0 amide bonds. The van der Waals surface area contributed by atoms with Crippen molar-refractivity contribution < 1.29 is 21.9 Å². The number of rotatable bonds is 10. The minimum atomic E-state index is -3.62. The molecule has 0 unspecified atom stereocenters. The topological polar surface area (TPSA) is 106 Å². The molecule has 2 aromatic heterocycles. The van der Waals surface area contributed by atoms with Crippen LogP contribution >= 0.6 is 0 Å². The third kappa shape index (κ3) is 7.26. The monoisotopic (exact) mass is 629 g/mol. The average Bonchev–Trinajstić information content (AvgIpc) is 3.03. The van der Waals surface area contributed by atoms with Gasteiger partial charge in [-0.05, 0) is 66.6 Å². The summed E-state index contributed by atoms with van der Waals surface area (Å²) in [6.45, 7) is 3.79. The van der Waals surface area contributed by atoms with Gasteiger partial charge in [0.25, 0.3) is 6.43 Å². The normalized spacial score (nSPS) is 15.3. The Hall–Kier alpha value is -4.48. The summed E-state index contributed by atoms with van der Waals surface area (Å²) in [4.78, 5) is 13.7. The molecule has 5 aromatic rings. The van der Waals surface area contributed by atoms with Crippen LogP contribution in [0.3, 0.4) is 0 Å². The molecule has 1 aliphatic heterocycles. The highest BCUT2D eigenvalue weighted by atomic mass is 32.2. The van der Waals surface area contributed by atoms with Crippen molar-refractivity contribution in [1.29, 1.82) is 0 Å². The number of anilines is 1. The first-order valence-corrected chi connectivity index (χ1v) is 16.6. The predicted molar refractivity (Wildman–Crippen MR) is 171 cm³/mol. The maximum Gasteiger partial charge on any atom is 0.263 e. The summed E-state index contributed by atoms with van der Waals surface area (Å²) >= 11 is 0. The number of ether oxygens (including phenoxy) is 1. The zero-order valence-electron chi connectivity index (χ0n) is 24.7. The van der Waals surface area contributed by atoms with Crippen LogP contribution in [0.5, 0.6) is 11.6 Å². The van der Waals surface area contributed by atoms with Crippen molar-refractivity contribution in [3.05, 3.63) is 107 Å². The molecule has 1 fully saturated rings. The van der Waals surface area contributed by atoms with Crippen LogP contribution in [0.25, 0.3) is 22.0 Å². The van der Waals surface area contributed by atoms with E-state index >= 15 is 0 Å². The molecule has 6 rings (SSSR count). The number of benzene rings is 3. The van der Waals surface area contributed by atoms with Crippen LogP contribution < -0.4 is 15.4 Å². The van der Waals surface area contributed by atoms with E-state index in [-0.39, 0.29) is 23.1 Å². The van der Waals surface area contributed by atoms with Crippen molar-refractivity contribution in [3.8, 4) is 22.9 Å². The summed E-state index contributed by atoms with van der Waals surface area (Å²) < 4.78 is 58.8. The van der Waals surface area contributed by atoms with Crippen LogP contribution in [-0.2, 0) is 21.3 Å². The molecular weight excluding hydrogens is 596 g/mol. The van der Waals surface area contributed by atoms with E-state index in [0.29, 0.717) is 40.0 Å². The Labute approximate surface area is 260 Å². The van der Waals surface area contributed by atoms with E-state index < -0.39 is 16.3 Å². The highest BCUT2D eigenvalue weighted by Gasteiger charge is 2.20. The predicted octanol–water partition coefficient (Wildman–Crippen LogP) is 7.01. The number of nitrogens with one attached hydrogen (secondary N) is 2. The second kappa shape index (κ2) is 13.3. The van der Waals surface area contributed by atoms with E-state index in [1.165, 1.54) is 24.3 Å². The number of nitrogens with zero attached hydrogens (tertiary/aromatic N) is 3. The second-order valence-electron chi connectivity index (χ2n) is 11.2. The van der Waals surface area contributed by atoms with Gasteiger partial charge in [0, 0.05) is 35.9 Å². The third-order valence-electron chi connectivity index (χ3n) is 7.82. The largest absolute Gasteiger partial charge is 0.437 e. The smallest absolute Gasteiger partial charge is 0.263 e. The lowest BCUT2D eigenvalue weighted by molar-refractivity contribution is 0.151. The van der Waals surface area contributed by atoms with Gasteiger partial charge in [-0.2, -0.15) is 0 Å². The van der Waals surface area contributed by atoms with Crippen LogP contribution in [0, 0.1) is 6.92 Å². The van der Waals surface area contributed by atoms with E-state index in [0.717, 1.165) is 42.3 Å². The van der Waals surface area contributed by atoms with Gasteiger partial charge in [-0.25, -0.2) is 32.2 Å².